The van der Waals surface area contributed by atoms with Gasteiger partial charge in [0, 0.05) is 18.8 Å². The fraction of sp³-hybridized carbons (Fsp3) is 0.750. The third-order valence-corrected chi connectivity index (χ3v) is 6.06. The average Bonchev–Trinajstić information content (AvgIpc) is 2.68. The molecule has 0 radical (unpaired) electrons. The summed E-state index contributed by atoms with van der Waals surface area (Å²) in [7, 11) is 0. The van der Waals surface area contributed by atoms with Crippen molar-refractivity contribution in [1.29, 1.82) is 5.26 Å². The van der Waals surface area contributed by atoms with Crippen molar-refractivity contribution in [2.45, 2.75) is 85.5 Å². The van der Waals surface area contributed by atoms with Crippen LogP contribution in [0.15, 0.2) is 22.9 Å². The first-order chi connectivity index (χ1) is 13.4. The van der Waals surface area contributed by atoms with Crippen LogP contribution in [0.4, 0.5) is 0 Å². The van der Waals surface area contributed by atoms with Crippen LogP contribution in [0.3, 0.4) is 0 Å². The van der Waals surface area contributed by atoms with Crippen molar-refractivity contribution in [2.24, 2.45) is 11.3 Å². The smallest absolute Gasteiger partial charge is 0.349 e. The maximum absolute atomic E-state index is 12.7. The number of esters is 1. The number of ether oxygens (including phenoxy) is 1. The van der Waals surface area contributed by atoms with Gasteiger partial charge in [0.05, 0.1) is 6.61 Å². The van der Waals surface area contributed by atoms with Gasteiger partial charge in [0.25, 0.3) is 0 Å². The molecule has 1 saturated heterocycles. The van der Waals surface area contributed by atoms with Crippen LogP contribution in [-0.4, -0.2) is 30.6 Å². The van der Waals surface area contributed by atoms with Crippen molar-refractivity contribution in [3.63, 3.8) is 0 Å². The number of hydrogen-bond donors (Lipinski definition) is 0. The van der Waals surface area contributed by atoms with E-state index in [0.717, 1.165) is 57.2 Å². The van der Waals surface area contributed by atoms with Gasteiger partial charge >= 0.3 is 5.97 Å². The summed E-state index contributed by atoms with van der Waals surface area (Å²) in [4.78, 5) is 15.2. The summed E-state index contributed by atoms with van der Waals surface area (Å²) in [6.07, 6.45) is 12.0. The van der Waals surface area contributed by atoms with Crippen LogP contribution in [0.1, 0.15) is 85.5 Å². The molecule has 0 N–H and O–H groups in total. The molecule has 1 heterocycles. The molecule has 28 heavy (non-hydrogen) atoms. The number of rotatable bonds is 8. The SMILES string of the molecule is CCCCC(CC)COC(=O)/C(C#N)=C1\C=C(N2CCCCC2)CC(C)(C)C1. The van der Waals surface area contributed by atoms with Crippen LogP contribution in [0, 0.1) is 22.7 Å². The first kappa shape index (κ1) is 22.5. The van der Waals surface area contributed by atoms with Gasteiger partial charge in [0.15, 0.2) is 0 Å². The van der Waals surface area contributed by atoms with Gasteiger partial charge in [-0.15, -0.1) is 0 Å². The number of carbonyl (C=O) groups is 1. The van der Waals surface area contributed by atoms with Crippen molar-refractivity contribution in [3.8, 4) is 6.07 Å². The van der Waals surface area contributed by atoms with E-state index in [1.54, 1.807) is 0 Å². The van der Waals surface area contributed by atoms with Gasteiger partial charge in [0.1, 0.15) is 11.6 Å². The van der Waals surface area contributed by atoms with Gasteiger partial charge in [-0.25, -0.2) is 4.79 Å². The van der Waals surface area contributed by atoms with Gasteiger partial charge in [-0.3, -0.25) is 0 Å². The molecule has 1 aliphatic carbocycles. The number of carbonyl (C=O) groups excluding carboxylic acids is 1. The number of hydrogen-bond acceptors (Lipinski definition) is 4. The minimum absolute atomic E-state index is 0.0479. The van der Waals surface area contributed by atoms with Crippen LogP contribution in [0.2, 0.25) is 0 Å². The van der Waals surface area contributed by atoms with E-state index in [4.69, 9.17) is 4.74 Å². The molecule has 156 valence electrons. The van der Waals surface area contributed by atoms with Crippen LogP contribution in [0.25, 0.3) is 0 Å². The first-order valence-electron chi connectivity index (χ1n) is 11.2. The third kappa shape index (κ3) is 6.40. The topological polar surface area (TPSA) is 53.3 Å². The fourth-order valence-corrected chi connectivity index (χ4v) is 4.33. The molecule has 2 rings (SSSR count). The van der Waals surface area contributed by atoms with Crippen molar-refractivity contribution in [2.75, 3.05) is 19.7 Å². The monoisotopic (exact) mass is 386 g/mol. The maximum atomic E-state index is 12.7. The van der Waals surface area contributed by atoms with Crippen LogP contribution in [0.5, 0.6) is 0 Å². The van der Waals surface area contributed by atoms with Gasteiger partial charge in [-0.1, -0.05) is 47.0 Å². The lowest BCUT2D eigenvalue weighted by Gasteiger charge is -2.39. The second-order valence-electron chi connectivity index (χ2n) is 9.23. The minimum Gasteiger partial charge on any atom is -0.461 e. The number of nitriles is 1. The Bertz CT molecular complexity index is 633. The Balaban J connectivity index is 2.17. The highest BCUT2D eigenvalue weighted by atomic mass is 16.5. The molecule has 0 saturated carbocycles. The van der Waals surface area contributed by atoms with E-state index in [9.17, 15) is 10.1 Å². The number of allylic oxidation sites excluding steroid dienone is 3. The number of likely N-dealkylation sites (tertiary alicyclic amines) is 1. The quantitative estimate of drug-likeness (QED) is 0.302. The molecule has 0 aromatic heterocycles. The lowest BCUT2D eigenvalue weighted by Crippen LogP contribution is -2.33. The van der Waals surface area contributed by atoms with Crippen LogP contribution < -0.4 is 0 Å². The molecule has 0 aromatic rings. The summed E-state index contributed by atoms with van der Waals surface area (Å²) in [5, 5.41) is 9.73. The van der Waals surface area contributed by atoms with Gasteiger partial charge in [-0.05, 0) is 61.5 Å². The van der Waals surface area contributed by atoms with Crippen molar-refractivity contribution >= 4 is 5.97 Å². The van der Waals surface area contributed by atoms with Gasteiger partial charge in [-0.2, -0.15) is 5.26 Å². The Kier molecular flexibility index (Phi) is 8.60. The standard InChI is InChI=1S/C24H38N2O2/c1-5-7-11-19(6-2)18-28-23(27)22(17-25)20-14-21(16-24(3,4)15-20)26-12-9-8-10-13-26/h14,19H,5-13,15-16,18H2,1-4H3/b22-20+. The minimum atomic E-state index is -0.445. The van der Waals surface area contributed by atoms with E-state index in [1.807, 2.05) is 0 Å². The zero-order valence-corrected chi connectivity index (χ0v) is 18.4. The molecule has 4 nitrogen and oxygen atoms in total. The molecular weight excluding hydrogens is 348 g/mol. The Morgan fingerprint density at radius 3 is 2.57 bits per heavy atom. The Labute approximate surface area is 171 Å². The molecule has 4 heteroatoms. The van der Waals surface area contributed by atoms with E-state index < -0.39 is 5.97 Å². The molecular formula is C24H38N2O2. The molecule has 0 amide bonds. The van der Waals surface area contributed by atoms with Gasteiger partial charge in [0.2, 0.25) is 0 Å². The normalized spacial score (nSPS) is 22.1. The largest absolute Gasteiger partial charge is 0.461 e. The van der Waals surface area contributed by atoms with E-state index in [-0.39, 0.29) is 11.0 Å². The first-order valence-corrected chi connectivity index (χ1v) is 11.2. The molecule has 0 aromatic carbocycles. The van der Waals surface area contributed by atoms with Crippen molar-refractivity contribution in [3.05, 3.63) is 22.9 Å². The molecule has 1 atom stereocenters. The summed E-state index contributed by atoms with van der Waals surface area (Å²) in [6, 6.07) is 2.16. The van der Waals surface area contributed by atoms with Crippen molar-refractivity contribution in [1.82, 2.24) is 4.90 Å². The average molecular weight is 387 g/mol. The van der Waals surface area contributed by atoms with E-state index in [2.05, 4.69) is 44.7 Å². The summed E-state index contributed by atoms with van der Waals surface area (Å²) in [5.74, 6) is -0.0597. The summed E-state index contributed by atoms with van der Waals surface area (Å²) in [5.41, 5.74) is 2.38. The van der Waals surface area contributed by atoms with Gasteiger partial charge < -0.3 is 9.64 Å². The summed E-state index contributed by atoms with van der Waals surface area (Å²) < 4.78 is 5.59. The van der Waals surface area contributed by atoms with E-state index in [1.165, 1.54) is 25.0 Å². The number of nitrogens with zero attached hydrogens (tertiary/aromatic N) is 2. The van der Waals surface area contributed by atoms with E-state index >= 15 is 0 Å². The van der Waals surface area contributed by atoms with Crippen LogP contribution in [-0.2, 0) is 9.53 Å². The Morgan fingerprint density at radius 1 is 1.25 bits per heavy atom. The maximum Gasteiger partial charge on any atom is 0.349 e. The highest BCUT2D eigenvalue weighted by molar-refractivity contribution is 5.94. The molecule has 1 unspecified atom stereocenters. The lowest BCUT2D eigenvalue weighted by molar-refractivity contribution is -0.140. The van der Waals surface area contributed by atoms with E-state index in [0.29, 0.717) is 12.5 Å². The molecule has 1 aliphatic heterocycles. The zero-order chi connectivity index (χ0) is 20.6. The second-order valence-corrected chi connectivity index (χ2v) is 9.23. The molecule has 2 aliphatic rings. The Hall–Kier alpha value is -1.76. The predicted molar refractivity (Wildman–Crippen MR) is 113 cm³/mol. The predicted octanol–water partition coefficient (Wildman–Crippen LogP) is 5.76. The molecule has 1 fully saturated rings. The summed E-state index contributed by atoms with van der Waals surface area (Å²) in [6.45, 7) is 11.3. The number of unbranched alkanes of at least 4 members (excludes halogenated alkanes) is 1. The molecule has 0 bridgehead atoms. The number of piperidine rings is 1. The zero-order valence-electron chi connectivity index (χ0n) is 18.4. The molecule has 0 spiro atoms. The third-order valence-electron chi connectivity index (χ3n) is 6.06. The summed E-state index contributed by atoms with van der Waals surface area (Å²) >= 11 is 0. The fourth-order valence-electron chi connectivity index (χ4n) is 4.33. The Morgan fingerprint density at radius 2 is 1.96 bits per heavy atom. The lowest BCUT2D eigenvalue weighted by atomic mass is 9.75. The highest BCUT2D eigenvalue weighted by Gasteiger charge is 2.31. The highest BCUT2D eigenvalue weighted by Crippen LogP contribution is 2.40. The second kappa shape index (κ2) is 10.7. The van der Waals surface area contributed by atoms with Crippen LogP contribution >= 0.6 is 0 Å². The van der Waals surface area contributed by atoms with Crippen molar-refractivity contribution < 1.29 is 9.53 Å².